The van der Waals surface area contributed by atoms with Crippen LogP contribution < -0.4 is 10.2 Å². The number of hydrogen-bond donors (Lipinski definition) is 1. The van der Waals surface area contributed by atoms with Crippen LogP contribution >= 0.6 is 24.0 Å². The molecule has 8 nitrogen and oxygen atoms in total. The summed E-state index contributed by atoms with van der Waals surface area (Å²) in [5.74, 6) is 0.862. The lowest BCUT2D eigenvalue weighted by Crippen LogP contribution is -2.55. The zero-order valence-corrected chi connectivity index (χ0v) is 22.1. The molecule has 9 heteroatoms. The van der Waals surface area contributed by atoms with Crippen molar-refractivity contribution in [3.63, 3.8) is 0 Å². The Morgan fingerprint density at radius 3 is 2.42 bits per heavy atom. The number of benzene rings is 1. The number of rotatable bonds is 6. The van der Waals surface area contributed by atoms with Crippen molar-refractivity contribution in [3.05, 3.63) is 47.8 Å². The van der Waals surface area contributed by atoms with Gasteiger partial charge < -0.3 is 15.1 Å². The molecule has 0 aliphatic carbocycles. The van der Waals surface area contributed by atoms with E-state index in [-0.39, 0.29) is 29.9 Å². The van der Waals surface area contributed by atoms with Gasteiger partial charge in [-0.3, -0.25) is 14.4 Å². The smallest absolute Gasteiger partial charge is 0.246 e. The molecule has 1 amide bonds. The van der Waals surface area contributed by atoms with Crippen molar-refractivity contribution in [3.8, 4) is 0 Å². The number of carbonyl (C=O) groups excluding carboxylic acids is 1. The van der Waals surface area contributed by atoms with Gasteiger partial charge in [0.15, 0.2) is 5.96 Å². The molecule has 3 heterocycles. The van der Waals surface area contributed by atoms with Crippen molar-refractivity contribution in [1.82, 2.24) is 24.9 Å². The van der Waals surface area contributed by atoms with Gasteiger partial charge in [-0.15, -0.1) is 24.0 Å². The average Bonchev–Trinajstić information content (AvgIpc) is 3.24. The molecule has 0 unspecified atom stereocenters. The van der Waals surface area contributed by atoms with E-state index in [1.54, 1.807) is 15.8 Å². The Morgan fingerprint density at radius 2 is 1.79 bits per heavy atom. The molecule has 0 radical (unpaired) electrons. The summed E-state index contributed by atoms with van der Waals surface area (Å²) in [6.45, 7) is 8.56. The zero-order chi connectivity index (χ0) is 22.3. The predicted molar refractivity (Wildman–Crippen MR) is 143 cm³/mol. The van der Waals surface area contributed by atoms with Crippen LogP contribution in [-0.2, 0) is 24.9 Å². The van der Waals surface area contributed by atoms with Gasteiger partial charge in [-0.25, -0.2) is 4.99 Å². The maximum atomic E-state index is 12.8. The van der Waals surface area contributed by atoms with E-state index in [1.165, 1.54) is 43.5 Å². The molecule has 2 aromatic rings. The summed E-state index contributed by atoms with van der Waals surface area (Å²) in [5.41, 5.74) is 3.40. The van der Waals surface area contributed by atoms with Crippen LogP contribution in [0.5, 0.6) is 0 Å². The number of hydrogen-bond acceptors (Lipinski definition) is 4. The first-order valence-electron chi connectivity index (χ1n) is 11.7. The molecular weight excluding hydrogens is 529 g/mol. The summed E-state index contributed by atoms with van der Waals surface area (Å²) in [7, 11) is 1.86. The highest BCUT2D eigenvalue weighted by atomic mass is 127. The zero-order valence-electron chi connectivity index (χ0n) is 19.7. The van der Waals surface area contributed by atoms with Gasteiger partial charge in [0.25, 0.3) is 0 Å². The molecule has 0 saturated carbocycles. The van der Waals surface area contributed by atoms with Gasteiger partial charge in [0, 0.05) is 39.4 Å². The number of aliphatic imine (C=N–C) groups is 1. The maximum absolute atomic E-state index is 12.8. The fourth-order valence-electron chi connectivity index (χ4n) is 4.39. The number of anilines is 1. The van der Waals surface area contributed by atoms with Crippen LogP contribution in [0.15, 0.2) is 41.7 Å². The van der Waals surface area contributed by atoms with Crippen LogP contribution in [0.4, 0.5) is 5.69 Å². The van der Waals surface area contributed by atoms with Gasteiger partial charge >= 0.3 is 0 Å². The number of halogens is 1. The first kappa shape index (κ1) is 25.5. The molecule has 1 aromatic carbocycles. The van der Waals surface area contributed by atoms with Crippen molar-refractivity contribution < 1.29 is 4.79 Å². The fourth-order valence-corrected chi connectivity index (χ4v) is 4.39. The highest BCUT2D eigenvalue weighted by molar-refractivity contribution is 14.0. The number of likely N-dealkylation sites (tertiary alicyclic amines) is 1. The van der Waals surface area contributed by atoms with Crippen molar-refractivity contribution in [2.24, 2.45) is 12.0 Å². The second-order valence-electron chi connectivity index (χ2n) is 8.66. The first-order valence-corrected chi connectivity index (χ1v) is 11.7. The van der Waals surface area contributed by atoms with Gasteiger partial charge in [0.1, 0.15) is 6.54 Å². The largest absolute Gasteiger partial charge is 0.356 e. The number of nitrogens with zero attached hydrogens (tertiary/aromatic N) is 6. The van der Waals surface area contributed by atoms with E-state index < -0.39 is 0 Å². The highest BCUT2D eigenvalue weighted by Gasteiger charge is 2.27. The van der Waals surface area contributed by atoms with E-state index >= 15 is 0 Å². The Labute approximate surface area is 214 Å². The third-order valence-corrected chi connectivity index (χ3v) is 6.15. The van der Waals surface area contributed by atoms with Crippen molar-refractivity contribution in [2.45, 2.75) is 39.3 Å². The second kappa shape index (κ2) is 12.4. The van der Waals surface area contributed by atoms with Crippen molar-refractivity contribution in [1.29, 1.82) is 0 Å². The minimum absolute atomic E-state index is 0. The van der Waals surface area contributed by atoms with Gasteiger partial charge in [-0.1, -0.05) is 30.7 Å². The molecule has 2 aliphatic heterocycles. The Bertz CT molecular complexity index is 921. The van der Waals surface area contributed by atoms with E-state index in [0.29, 0.717) is 19.6 Å². The Balaban J connectivity index is 0.00000306. The van der Waals surface area contributed by atoms with E-state index in [4.69, 9.17) is 4.99 Å². The summed E-state index contributed by atoms with van der Waals surface area (Å²) in [6, 6.07) is 8.81. The molecule has 33 heavy (non-hydrogen) atoms. The second-order valence-corrected chi connectivity index (χ2v) is 8.66. The van der Waals surface area contributed by atoms with Gasteiger partial charge in [-0.05, 0) is 44.0 Å². The summed E-state index contributed by atoms with van der Waals surface area (Å²) in [4.78, 5) is 24.0. The van der Waals surface area contributed by atoms with Crippen LogP contribution in [0.3, 0.4) is 0 Å². The van der Waals surface area contributed by atoms with E-state index in [2.05, 4.69) is 46.5 Å². The number of carbonyl (C=O) groups is 1. The van der Waals surface area contributed by atoms with Crippen LogP contribution in [0.2, 0.25) is 0 Å². The minimum atomic E-state index is 0. The van der Waals surface area contributed by atoms with Gasteiger partial charge in [0.05, 0.1) is 18.4 Å². The van der Waals surface area contributed by atoms with E-state index in [9.17, 15) is 4.79 Å². The van der Waals surface area contributed by atoms with E-state index in [1.807, 2.05) is 18.1 Å². The number of aromatic nitrogens is 2. The SMILES string of the molecule is CCNC(=NCc1ccc(CN2CCCCC2)cc1)N1CCN(c2cnn(C)c2)C(=O)C1.I. The molecule has 1 N–H and O–H groups in total. The average molecular weight is 566 g/mol. The molecule has 4 rings (SSSR count). The molecule has 0 spiro atoms. The highest BCUT2D eigenvalue weighted by Crippen LogP contribution is 2.17. The van der Waals surface area contributed by atoms with E-state index in [0.717, 1.165) is 31.3 Å². The van der Waals surface area contributed by atoms with Gasteiger partial charge in [0.2, 0.25) is 5.91 Å². The molecule has 2 aliphatic rings. The summed E-state index contributed by atoms with van der Waals surface area (Å²) < 4.78 is 1.72. The maximum Gasteiger partial charge on any atom is 0.246 e. The first-order chi connectivity index (χ1) is 15.6. The Morgan fingerprint density at radius 1 is 1.06 bits per heavy atom. The molecule has 2 saturated heterocycles. The predicted octanol–water partition coefficient (Wildman–Crippen LogP) is 2.84. The molecule has 1 aromatic heterocycles. The van der Waals surface area contributed by atoms with Crippen LogP contribution in [0.25, 0.3) is 0 Å². The number of piperidine rings is 1. The quantitative estimate of drug-likeness (QED) is 0.332. The van der Waals surface area contributed by atoms with Crippen molar-refractivity contribution >= 4 is 41.5 Å². The molecule has 0 bridgehead atoms. The summed E-state index contributed by atoms with van der Waals surface area (Å²) in [6.07, 6.45) is 7.62. The third-order valence-electron chi connectivity index (χ3n) is 6.15. The third kappa shape index (κ3) is 6.92. The number of aryl methyl sites for hydroxylation is 1. The number of amides is 1. The Hall–Kier alpha value is -2.14. The lowest BCUT2D eigenvalue weighted by Gasteiger charge is -2.35. The fraction of sp³-hybridized carbons (Fsp3) is 0.542. The van der Waals surface area contributed by atoms with Gasteiger partial charge in [-0.2, -0.15) is 5.10 Å². The molecule has 0 atom stereocenters. The van der Waals surface area contributed by atoms with Crippen molar-refractivity contribution in [2.75, 3.05) is 44.2 Å². The lowest BCUT2D eigenvalue weighted by molar-refractivity contribution is -0.120. The standard InChI is InChI=1S/C24H35N7O.HI/c1-3-25-24(30-13-14-31(23(32)19-30)22-16-27-28(2)18-22)26-15-20-7-9-21(10-8-20)17-29-11-5-4-6-12-29;/h7-10,16,18H,3-6,11-15,17,19H2,1-2H3,(H,25,26);1H. The van der Waals surface area contributed by atoms with Crippen LogP contribution in [0, 0.1) is 0 Å². The minimum Gasteiger partial charge on any atom is -0.356 e. The number of nitrogens with one attached hydrogen (secondary N) is 1. The monoisotopic (exact) mass is 565 g/mol. The van der Waals surface area contributed by atoms with Crippen LogP contribution in [0.1, 0.15) is 37.3 Å². The normalized spacial score (nSPS) is 17.8. The van der Waals surface area contributed by atoms with Crippen LogP contribution in [-0.4, -0.2) is 70.7 Å². The summed E-state index contributed by atoms with van der Waals surface area (Å²) >= 11 is 0. The Kier molecular flexibility index (Phi) is 9.54. The topological polar surface area (TPSA) is 69.0 Å². The molecule has 180 valence electrons. The molecular formula is C24H36IN7O. The molecule has 2 fully saturated rings. The number of guanidine groups is 1. The number of piperazine rings is 1. The summed E-state index contributed by atoms with van der Waals surface area (Å²) in [5, 5.41) is 7.53. The lowest BCUT2D eigenvalue weighted by atomic mass is 10.1.